The molecule has 0 aliphatic heterocycles. The van der Waals surface area contributed by atoms with E-state index in [-0.39, 0.29) is 5.69 Å². The first-order valence-electron chi connectivity index (χ1n) is 11.4. The van der Waals surface area contributed by atoms with Crippen molar-refractivity contribution >= 4 is 55.4 Å². The molecular formula is C26H24BrClF3N3O5S. The Morgan fingerprint density at radius 2 is 1.82 bits per heavy atom. The first-order chi connectivity index (χ1) is 18.7. The highest BCUT2D eigenvalue weighted by Crippen LogP contribution is 2.38. The number of aryl methyl sites for hydroxylation is 1. The van der Waals surface area contributed by atoms with E-state index in [0.717, 1.165) is 29.5 Å². The van der Waals surface area contributed by atoms with Crippen LogP contribution in [-0.2, 0) is 27.6 Å². The molecule has 0 saturated carbocycles. The van der Waals surface area contributed by atoms with Gasteiger partial charge in [0.2, 0.25) is 10.0 Å². The van der Waals surface area contributed by atoms with E-state index < -0.39 is 39.2 Å². The summed E-state index contributed by atoms with van der Waals surface area (Å²) in [5.74, 6) is -0.0516. The van der Waals surface area contributed by atoms with E-state index in [1.54, 1.807) is 12.1 Å². The number of methoxy groups -OCH3 is 1. The predicted molar refractivity (Wildman–Crippen MR) is 151 cm³/mol. The lowest BCUT2D eigenvalue weighted by Crippen LogP contribution is -2.39. The monoisotopic (exact) mass is 661 g/mol. The molecular weight excluding hydrogens is 639 g/mol. The Hall–Kier alpha value is -3.29. The summed E-state index contributed by atoms with van der Waals surface area (Å²) in [6, 6.07) is 13.7. The predicted octanol–water partition coefficient (Wildman–Crippen LogP) is 5.93. The Bertz CT molecular complexity index is 1520. The molecule has 3 aromatic carbocycles. The molecule has 40 heavy (non-hydrogen) atoms. The minimum absolute atomic E-state index is 0.299. The van der Waals surface area contributed by atoms with E-state index >= 15 is 0 Å². The second-order valence-corrected chi connectivity index (χ2v) is 11.7. The highest BCUT2D eigenvalue weighted by molar-refractivity contribution is 9.10. The molecule has 214 valence electrons. The van der Waals surface area contributed by atoms with Gasteiger partial charge in [0.25, 0.3) is 5.91 Å². The van der Waals surface area contributed by atoms with Crippen molar-refractivity contribution in [3.63, 3.8) is 0 Å². The molecule has 1 N–H and O–H groups in total. The molecule has 0 aliphatic rings. The molecule has 0 atom stereocenters. The van der Waals surface area contributed by atoms with Crippen LogP contribution in [0.5, 0.6) is 11.5 Å². The second kappa shape index (κ2) is 12.9. The van der Waals surface area contributed by atoms with Crippen LogP contribution in [-0.4, -0.2) is 40.4 Å². The topological polar surface area (TPSA) is 97.3 Å². The molecule has 0 radical (unpaired) electrons. The minimum Gasteiger partial charge on any atom is -0.493 e. The van der Waals surface area contributed by atoms with Crippen LogP contribution in [0.3, 0.4) is 0 Å². The highest BCUT2D eigenvalue weighted by atomic mass is 79.9. The SMILES string of the molecule is COc1cc(/C=N\NC(=O)CN(c2ccc(Cl)c(C(F)(F)F)c2)S(C)(=O)=O)cc(Br)c1OCc1ccc(C)cc1. The zero-order chi connectivity index (χ0) is 29.7. The number of benzene rings is 3. The lowest BCUT2D eigenvalue weighted by atomic mass is 10.2. The van der Waals surface area contributed by atoms with Crippen molar-refractivity contribution in [1.29, 1.82) is 0 Å². The third kappa shape index (κ3) is 8.35. The van der Waals surface area contributed by atoms with Gasteiger partial charge in [-0.25, -0.2) is 13.8 Å². The van der Waals surface area contributed by atoms with Crippen molar-refractivity contribution in [2.45, 2.75) is 19.7 Å². The van der Waals surface area contributed by atoms with Gasteiger partial charge in [-0.1, -0.05) is 41.4 Å². The fourth-order valence-corrected chi connectivity index (χ4v) is 5.07. The number of hydrazone groups is 1. The molecule has 0 bridgehead atoms. The Morgan fingerprint density at radius 3 is 2.42 bits per heavy atom. The standard InChI is InChI=1S/C26H24BrClF3N3O5S/c1-16-4-6-17(7-5-16)15-39-25-21(27)10-18(11-23(25)38-2)13-32-33-24(35)14-34(40(3,36)37)19-8-9-22(28)20(12-19)26(29,30)31/h4-13H,14-15H2,1-3H3,(H,33,35)/b32-13-. The number of sulfonamides is 1. The van der Waals surface area contributed by atoms with Crippen molar-refractivity contribution in [3.8, 4) is 11.5 Å². The van der Waals surface area contributed by atoms with Gasteiger partial charge in [-0.2, -0.15) is 18.3 Å². The van der Waals surface area contributed by atoms with Gasteiger partial charge in [-0.3, -0.25) is 9.10 Å². The third-order valence-electron chi connectivity index (χ3n) is 5.39. The largest absolute Gasteiger partial charge is 0.493 e. The summed E-state index contributed by atoms with van der Waals surface area (Å²) < 4.78 is 76.7. The summed E-state index contributed by atoms with van der Waals surface area (Å²) in [5, 5.41) is 3.22. The maximum Gasteiger partial charge on any atom is 0.417 e. The van der Waals surface area contributed by atoms with Crippen molar-refractivity contribution < 1.29 is 35.9 Å². The van der Waals surface area contributed by atoms with Crippen molar-refractivity contribution in [3.05, 3.63) is 86.3 Å². The minimum atomic E-state index is -4.82. The lowest BCUT2D eigenvalue weighted by Gasteiger charge is -2.22. The van der Waals surface area contributed by atoms with Crippen LogP contribution >= 0.6 is 27.5 Å². The molecule has 3 rings (SSSR count). The fraction of sp³-hybridized carbons (Fsp3) is 0.231. The number of hydrogen-bond donors (Lipinski definition) is 1. The molecule has 14 heteroatoms. The quantitative estimate of drug-likeness (QED) is 0.214. The van der Waals surface area contributed by atoms with Gasteiger partial charge in [0.05, 0.1) is 40.3 Å². The maximum absolute atomic E-state index is 13.2. The molecule has 0 heterocycles. The number of halogens is 5. The number of anilines is 1. The number of amides is 1. The van der Waals surface area contributed by atoms with Crippen LogP contribution < -0.4 is 19.2 Å². The van der Waals surface area contributed by atoms with Gasteiger partial charge in [0.1, 0.15) is 13.2 Å². The van der Waals surface area contributed by atoms with Crippen molar-refractivity contribution in [2.75, 3.05) is 24.2 Å². The average Bonchev–Trinajstić information content (AvgIpc) is 2.86. The number of carbonyl (C=O) groups is 1. The zero-order valence-corrected chi connectivity index (χ0v) is 24.6. The molecule has 3 aromatic rings. The highest BCUT2D eigenvalue weighted by Gasteiger charge is 2.34. The Labute approximate surface area is 242 Å². The number of ether oxygens (including phenoxy) is 2. The Balaban J connectivity index is 1.72. The number of rotatable bonds is 10. The third-order valence-corrected chi connectivity index (χ3v) is 7.45. The van der Waals surface area contributed by atoms with Crippen molar-refractivity contribution in [1.82, 2.24) is 5.43 Å². The van der Waals surface area contributed by atoms with E-state index in [2.05, 4.69) is 26.5 Å². The molecule has 1 amide bonds. The number of hydrogen-bond acceptors (Lipinski definition) is 6. The zero-order valence-electron chi connectivity index (χ0n) is 21.4. The second-order valence-electron chi connectivity index (χ2n) is 8.53. The summed E-state index contributed by atoms with van der Waals surface area (Å²) in [7, 11) is -2.68. The molecule has 0 aliphatic carbocycles. The Kier molecular flexibility index (Phi) is 10.1. The summed E-state index contributed by atoms with van der Waals surface area (Å²) in [6.07, 6.45) is -2.78. The van der Waals surface area contributed by atoms with Crippen LogP contribution in [0.1, 0.15) is 22.3 Å². The first kappa shape index (κ1) is 31.2. The van der Waals surface area contributed by atoms with Gasteiger partial charge in [0, 0.05) is 0 Å². The first-order valence-corrected chi connectivity index (χ1v) is 14.4. The van der Waals surface area contributed by atoms with Gasteiger partial charge >= 0.3 is 6.18 Å². The van der Waals surface area contributed by atoms with E-state index in [9.17, 15) is 26.4 Å². The van der Waals surface area contributed by atoms with Crippen LogP contribution in [0.2, 0.25) is 5.02 Å². The molecule has 0 aromatic heterocycles. The van der Waals surface area contributed by atoms with E-state index in [1.807, 2.05) is 31.2 Å². The van der Waals surface area contributed by atoms with Gasteiger partial charge in [-0.05, 0) is 64.3 Å². The molecule has 0 unspecified atom stereocenters. The maximum atomic E-state index is 13.2. The summed E-state index contributed by atoms with van der Waals surface area (Å²) in [5.41, 5.74) is 3.15. The lowest BCUT2D eigenvalue weighted by molar-refractivity contribution is -0.137. The van der Waals surface area contributed by atoms with Gasteiger partial charge in [0.15, 0.2) is 11.5 Å². The number of alkyl halides is 3. The summed E-state index contributed by atoms with van der Waals surface area (Å²) in [4.78, 5) is 12.5. The molecule has 0 fully saturated rings. The fourth-order valence-electron chi connectivity index (χ4n) is 3.42. The summed E-state index contributed by atoms with van der Waals surface area (Å²) >= 11 is 9.05. The Morgan fingerprint density at radius 1 is 1.15 bits per heavy atom. The molecule has 0 spiro atoms. The van der Waals surface area contributed by atoms with Crippen molar-refractivity contribution in [2.24, 2.45) is 5.10 Å². The molecule has 0 saturated heterocycles. The van der Waals surface area contributed by atoms with Crippen LogP contribution in [0.25, 0.3) is 0 Å². The number of nitrogens with zero attached hydrogens (tertiary/aromatic N) is 2. The van der Waals surface area contributed by atoms with Gasteiger partial charge < -0.3 is 9.47 Å². The van der Waals surface area contributed by atoms with Crippen LogP contribution in [0.15, 0.2) is 64.2 Å². The molecule has 8 nitrogen and oxygen atoms in total. The van der Waals surface area contributed by atoms with E-state index in [4.69, 9.17) is 21.1 Å². The van der Waals surface area contributed by atoms with E-state index in [1.165, 1.54) is 13.3 Å². The van der Waals surface area contributed by atoms with Gasteiger partial charge in [-0.15, -0.1) is 0 Å². The summed E-state index contributed by atoms with van der Waals surface area (Å²) in [6.45, 7) is 1.46. The number of nitrogens with one attached hydrogen (secondary N) is 1. The smallest absolute Gasteiger partial charge is 0.417 e. The number of carbonyl (C=O) groups excluding carboxylic acids is 1. The average molecular weight is 663 g/mol. The van der Waals surface area contributed by atoms with E-state index in [0.29, 0.717) is 38.5 Å². The van der Waals surface area contributed by atoms with Crippen LogP contribution in [0.4, 0.5) is 18.9 Å². The van der Waals surface area contributed by atoms with Crippen LogP contribution in [0, 0.1) is 6.92 Å². The normalized spacial score (nSPS) is 11.9.